The Morgan fingerprint density at radius 3 is 2.32 bits per heavy atom. The van der Waals surface area contributed by atoms with Gasteiger partial charge in [-0.2, -0.15) is 0 Å². The molecule has 0 bridgehead atoms. The molecule has 25 heavy (non-hydrogen) atoms. The molecule has 0 unspecified atom stereocenters. The lowest BCUT2D eigenvalue weighted by atomic mass is 10.1. The number of amidine groups is 1. The number of hydrogen-bond donors (Lipinski definition) is 1. The highest BCUT2D eigenvalue weighted by Gasteiger charge is 2.12. The van der Waals surface area contributed by atoms with E-state index in [0.29, 0.717) is 17.0 Å². The number of Topliss-reactive ketones (excluding diaryl/α,β-unsaturated/α-hetero) is 1. The van der Waals surface area contributed by atoms with Gasteiger partial charge in [0.05, 0.1) is 26.2 Å². The van der Waals surface area contributed by atoms with Crippen LogP contribution < -0.4 is 10.5 Å². The predicted molar refractivity (Wildman–Crippen MR) is 91.0 cm³/mol. The molecule has 7 heteroatoms. The predicted octanol–water partition coefficient (Wildman–Crippen LogP) is 2.88. The largest absolute Gasteiger partial charge is 0.494 e. The summed E-state index contributed by atoms with van der Waals surface area (Å²) < 4.78 is 22.7. The number of rotatable bonds is 6. The maximum atomic E-state index is 12.9. The molecule has 0 saturated carbocycles. The van der Waals surface area contributed by atoms with Crippen LogP contribution >= 0.6 is 0 Å². The average Bonchev–Trinajstić information content (AvgIpc) is 2.61. The highest BCUT2D eigenvalue weighted by Crippen LogP contribution is 2.29. The van der Waals surface area contributed by atoms with Crippen LogP contribution in [-0.2, 0) is 4.74 Å². The van der Waals surface area contributed by atoms with Crippen LogP contribution in [0.4, 0.5) is 10.1 Å². The first-order valence-electron chi connectivity index (χ1n) is 7.32. The zero-order valence-electron chi connectivity index (χ0n) is 13.8. The Kier molecular flexibility index (Phi) is 5.84. The summed E-state index contributed by atoms with van der Waals surface area (Å²) in [4.78, 5) is 27.9. The minimum Gasteiger partial charge on any atom is -0.494 e. The first-order chi connectivity index (χ1) is 11.9. The Morgan fingerprint density at radius 2 is 1.72 bits per heavy atom. The van der Waals surface area contributed by atoms with Crippen molar-refractivity contribution in [3.63, 3.8) is 0 Å². The standard InChI is InChI=1S/C18H17FN2O4/c1-24-16-8-5-12(18(23)25-2)9-14(16)21-17(20)10-15(22)11-3-6-13(19)7-4-11/h3-9H,10H2,1-2H3,(H2,20,21). The molecule has 2 rings (SSSR count). The maximum absolute atomic E-state index is 12.9. The molecule has 0 spiro atoms. The molecule has 0 aromatic heterocycles. The third-order valence-corrected chi connectivity index (χ3v) is 3.37. The van der Waals surface area contributed by atoms with Crippen LogP contribution in [0.15, 0.2) is 47.5 Å². The van der Waals surface area contributed by atoms with E-state index < -0.39 is 11.8 Å². The number of halogens is 1. The van der Waals surface area contributed by atoms with Crippen molar-refractivity contribution in [2.75, 3.05) is 14.2 Å². The van der Waals surface area contributed by atoms with Gasteiger partial charge in [-0.3, -0.25) is 4.79 Å². The van der Waals surface area contributed by atoms with Crippen molar-refractivity contribution in [3.05, 3.63) is 59.4 Å². The highest BCUT2D eigenvalue weighted by atomic mass is 19.1. The fraction of sp³-hybridized carbons (Fsp3) is 0.167. The van der Waals surface area contributed by atoms with Crippen molar-refractivity contribution < 1.29 is 23.5 Å². The average molecular weight is 344 g/mol. The van der Waals surface area contributed by atoms with E-state index in [1.807, 2.05) is 0 Å². The van der Waals surface area contributed by atoms with Gasteiger partial charge < -0.3 is 15.2 Å². The van der Waals surface area contributed by atoms with Gasteiger partial charge in [0.2, 0.25) is 0 Å². The van der Waals surface area contributed by atoms with Gasteiger partial charge in [0.1, 0.15) is 23.1 Å². The van der Waals surface area contributed by atoms with Gasteiger partial charge in [0.25, 0.3) is 0 Å². The summed E-state index contributed by atoms with van der Waals surface area (Å²) in [5.74, 6) is -0.827. The third-order valence-electron chi connectivity index (χ3n) is 3.37. The number of hydrogen-bond acceptors (Lipinski definition) is 5. The number of methoxy groups -OCH3 is 2. The number of ketones is 1. The lowest BCUT2D eigenvalue weighted by Crippen LogP contribution is -2.17. The zero-order valence-corrected chi connectivity index (χ0v) is 13.8. The van der Waals surface area contributed by atoms with Crippen molar-refractivity contribution in [1.82, 2.24) is 0 Å². The van der Waals surface area contributed by atoms with E-state index in [-0.39, 0.29) is 23.6 Å². The molecule has 0 aliphatic carbocycles. The van der Waals surface area contributed by atoms with E-state index in [1.165, 1.54) is 50.6 Å². The molecule has 2 N–H and O–H groups in total. The molecular weight excluding hydrogens is 327 g/mol. The third kappa shape index (κ3) is 4.63. The minimum absolute atomic E-state index is 0.0367. The maximum Gasteiger partial charge on any atom is 0.337 e. The second-order valence-electron chi connectivity index (χ2n) is 5.09. The molecule has 130 valence electrons. The molecule has 0 radical (unpaired) electrons. The van der Waals surface area contributed by atoms with E-state index in [1.54, 1.807) is 6.07 Å². The van der Waals surface area contributed by atoms with Crippen molar-refractivity contribution in [1.29, 1.82) is 0 Å². The first-order valence-corrected chi connectivity index (χ1v) is 7.32. The van der Waals surface area contributed by atoms with E-state index in [4.69, 9.17) is 10.5 Å². The number of ether oxygens (including phenoxy) is 2. The monoisotopic (exact) mass is 344 g/mol. The second kappa shape index (κ2) is 8.05. The molecule has 0 amide bonds. The van der Waals surface area contributed by atoms with E-state index >= 15 is 0 Å². The Balaban J connectivity index is 2.24. The van der Waals surface area contributed by atoms with Crippen molar-refractivity contribution in [2.24, 2.45) is 10.7 Å². The summed E-state index contributed by atoms with van der Waals surface area (Å²) >= 11 is 0. The second-order valence-corrected chi connectivity index (χ2v) is 5.09. The van der Waals surface area contributed by atoms with Gasteiger partial charge in [-0.1, -0.05) is 0 Å². The van der Waals surface area contributed by atoms with Crippen molar-refractivity contribution in [2.45, 2.75) is 6.42 Å². The summed E-state index contributed by atoms with van der Waals surface area (Å²) in [5, 5.41) is 0. The van der Waals surface area contributed by atoms with Crippen LogP contribution in [0, 0.1) is 5.82 Å². The number of aliphatic imine (C=N–C) groups is 1. The summed E-state index contributed by atoms with van der Waals surface area (Å²) in [6.45, 7) is 0. The van der Waals surface area contributed by atoms with Gasteiger partial charge in [-0.05, 0) is 42.5 Å². The highest BCUT2D eigenvalue weighted by molar-refractivity contribution is 6.09. The lowest BCUT2D eigenvalue weighted by Gasteiger charge is -2.08. The topological polar surface area (TPSA) is 91.0 Å². The number of esters is 1. The molecule has 6 nitrogen and oxygen atoms in total. The number of carbonyl (C=O) groups excluding carboxylic acids is 2. The summed E-state index contributed by atoms with van der Waals surface area (Å²) in [6, 6.07) is 9.70. The van der Waals surface area contributed by atoms with Gasteiger partial charge in [0, 0.05) is 5.56 Å². The van der Waals surface area contributed by atoms with Gasteiger partial charge in [0.15, 0.2) is 5.78 Å². The van der Waals surface area contributed by atoms with Gasteiger partial charge >= 0.3 is 5.97 Å². The summed E-state index contributed by atoms with van der Waals surface area (Å²) in [5.41, 5.74) is 6.75. The molecule has 0 heterocycles. The molecule has 0 fully saturated rings. The number of nitrogens with zero attached hydrogens (tertiary/aromatic N) is 1. The number of nitrogens with two attached hydrogens (primary N) is 1. The van der Waals surface area contributed by atoms with Crippen LogP contribution in [0.5, 0.6) is 5.75 Å². The fourth-order valence-electron chi connectivity index (χ4n) is 2.12. The van der Waals surface area contributed by atoms with Gasteiger partial charge in [-0.15, -0.1) is 0 Å². The fourth-order valence-corrected chi connectivity index (χ4v) is 2.12. The summed E-state index contributed by atoms with van der Waals surface area (Å²) in [7, 11) is 2.72. The molecular formula is C18H17FN2O4. The molecule has 0 saturated heterocycles. The molecule has 0 aliphatic heterocycles. The van der Waals surface area contributed by atoms with E-state index in [0.717, 1.165) is 0 Å². The van der Waals surface area contributed by atoms with Crippen LogP contribution in [0.25, 0.3) is 0 Å². The minimum atomic E-state index is -0.528. The number of carbonyl (C=O) groups is 2. The van der Waals surface area contributed by atoms with Crippen LogP contribution in [0.3, 0.4) is 0 Å². The normalized spacial score (nSPS) is 11.1. The molecule has 2 aromatic rings. The SMILES string of the molecule is COC(=O)c1ccc(OC)c(N=C(N)CC(=O)c2ccc(F)cc2)c1. The van der Waals surface area contributed by atoms with Crippen molar-refractivity contribution >= 4 is 23.3 Å². The summed E-state index contributed by atoms with van der Waals surface area (Å²) in [6.07, 6.45) is -0.156. The Bertz CT molecular complexity index is 816. The van der Waals surface area contributed by atoms with Crippen LogP contribution in [0.2, 0.25) is 0 Å². The Labute approximate surface area is 144 Å². The molecule has 0 atom stereocenters. The van der Waals surface area contributed by atoms with Crippen LogP contribution in [-0.4, -0.2) is 31.8 Å². The zero-order chi connectivity index (χ0) is 18.4. The van der Waals surface area contributed by atoms with E-state index in [9.17, 15) is 14.0 Å². The van der Waals surface area contributed by atoms with Crippen molar-refractivity contribution in [3.8, 4) is 5.75 Å². The lowest BCUT2D eigenvalue weighted by molar-refractivity contribution is 0.0600. The molecule has 0 aliphatic rings. The smallest absolute Gasteiger partial charge is 0.337 e. The van der Waals surface area contributed by atoms with Gasteiger partial charge in [-0.25, -0.2) is 14.2 Å². The first kappa shape index (κ1) is 18.1. The van der Waals surface area contributed by atoms with E-state index in [2.05, 4.69) is 9.73 Å². The number of benzene rings is 2. The Hall–Kier alpha value is -3.22. The quantitative estimate of drug-likeness (QED) is 0.376. The van der Waals surface area contributed by atoms with Crippen LogP contribution in [0.1, 0.15) is 27.1 Å². The Morgan fingerprint density at radius 1 is 1.08 bits per heavy atom. The molecule has 2 aromatic carbocycles.